The molecule has 1 saturated heterocycles. The lowest BCUT2D eigenvalue weighted by atomic mass is 10.0. The van der Waals surface area contributed by atoms with Crippen molar-refractivity contribution >= 4 is 23.0 Å². The zero-order valence-electron chi connectivity index (χ0n) is 13.2. The summed E-state index contributed by atoms with van der Waals surface area (Å²) < 4.78 is 0. The van der Waals surface area contributed by atoms with E-state index in [9.17, 15) is 0 Å². The molecule has 21 heavy (non-hydrogen) atoms. The quantitative estimate of drug-likeness (QED) is 0.643. The van der Waals surface area contributed by atoms with Crippen LogP contribution in [0, 0.1) is 6.92 Å². The molecule has 1 aliphatic heterocycles. The van der Waals surface area contributed by atoms with Crippen molar-refractivity contribution in [2.45, 2.75) is 45.6 Å². The molecule has 2 rings (SSSR count). The molecule has 116 valence electrons. The van der Waals surface area contributed by atoms with Crippen LogP contribution in [-0.4, -0.2) is 35.7 Å². The molecule has 0 spiro atoms. The van der Waals surface area contributed by atoms with Gasteiger partial charge in [0.25, 0.3) is 0 Å². The van der Waals surface area contributed by atoms with Crippen molar-refractivity contribution in [1.29, 1.82) is 0 Å². The van der Waals surface area contributed by atoms with Gasteiger partial charge in [-0.15, -0.1) is 0 Å². The molecule has 2 N–H and O–H groups in total. The van der Waals surface area contributed by atoms with Crippen LogP contribution in [0.1, 0.15) is 38.2 Å². The van der Waals surface area contributed by atoms with Gasteiger partial charge >= 0.3 is 0 Å². The number of hydrogen-bond donors (Lipinski definition) is 2. The van der Waals surface area contributed by atoms with Gasteiger partial charge in [-0.2, -0.15) is 0 Å². The minimum absolute atomic E-state index is 0.713. The first kappa shape index (κ1) is 16.2. The second kappa shape index (κ2) is 8.35. The normalized spacial score (nSPS) is 19.2. The van der Waals surface area contributed by atoms with E-state index in [0.29, 0.717) is 5.11 Å². The molecule has 0 aliphatic carbocycles. The van der Waals surface area contributed by atoms with E-state index in [-0.39, 0.29) is 0 Å². The Morgan fingerprint density at radius 3 is 2.76 bits per heavy atom. The Bertz CT molecular complexity index is 444. The van der Waals surface area contributed by atoms with E-state index in [1.807, 2.05) is 0 Å². The summed E-state index contributed by atoms with van der Waals surface area (Å²) in [5.41, 5.74) is 2.30. The maximum Gasteiger partial charge on any atom is 0.170 e. The smallest absolute Gasteiger partial charge is 0.170 e. The summed E-state index contributed by atoms with van der Waals surface area (Å²) >= 11 is 5.33. The second-order valence-corrected chi connectivity index (χ2v) is 6.39. The summed E-state index contributed by atoms with van der Waals surface area (Å²) in [6.45, 7) is 7.79. The first-order chi connectivity index (χ1) is 10.1. The van der Waals surface area contributed by atoms with Crippen LogP contribution in [0.5, 0.6) is 0 Å². The van der Waals surface area contributed by atoms with Crippen LogP contribution in [0.15, 0.2) is 24.3 Å². The molecule has 1 aromatic rings. The van der Waals surface area contributed by atoms with Crippen LogP contribution in [0.2, 0.25) is 0 Å². The largest absolute Gasteiger partial charge is 0.362 e. The van der Waals surface area contributed by atoms with Gasteiger partial charge in [-0.25, -0.2) is 0 Å². The summed E-state index contributed by atoms with van der Waals surface area (Å²) in [5.74, 6) is 0. The van der Waals surface area contributed by atoms with Crippen molar-refractivity contribution in [3.8, 4) is 0 Å². The molecule has 1 atom stereocenters. The SMILES string of the molecule is Cc1ccc(NC(=S)NCCCN2CCCC[C@@H]2C)cc1. The Balaban J connectivity index is 1.61. The van der Waals surface area contributed by atoms with E-state index in [4.69, 9.17) is 12.2 Å². The molecule has 0 amide bonds. The highest BCUT2D eigenvalue weighted by Crippen LogP contribution is 2.16. The highest BCUT2D eigenvalue weighted by Gasteiger charge is 2.16. The molecule has 1 fully saturated rings. The molecule has 4 heteroatoms. The number of hydrogen-bond acceptors (Lipinski definition) is 2. The summed E-state index contributed by atoms with van der Waals surface area (Å²) in [4.78, 5) is 2.60. The number of benzene rings is 1. The van der Waals surface area contributed by atoms with Gasteiger partial charge in [-0.3, -0.25) is 0 Å². The van der Waals surface area contributed by atoms with Crippen molar-refractivity contribution in [3.63, 3.8) is 0 Å². The molecule has 3 nitrogen and oxygen atoms in total. The van der Waals surface area contributed by atoms with Gasteiger partial charge in [0.05, 0.1) is 0 Å². The fourth-order valence-corrected chi connectivity index (χ4v) is 3.01. The molecular weight excluding hydrogens is 278 g/mol. The monoisotopic (exact) mass is 305 g/mol. The van der Waals surface area contributed by atoms with Crippen LogP contribution in [0.4, 0.5) is 5.69 Å². The number of rotatable bonds is 5. The predicted octanol–water partition coefficient (Wildman–Crippen LogP) is 3.55. The maximum atomic E-state index is 5.33. The lowest BCUT2D eigenvalue weighted by Gasteiger charge is -2.33. The van der Waals surface area contributed by atoms with Crippen LogP contribution < -0.4 is 10.6 Å². The lowest BCUT2D eigenvalue weighted by molar-refractivity contribution is 0.159. The minimum Gasteiger partial charge on any atom is -0.362 e. The molecule has 1 heterocycles. The third kappa shape index (κ3) is 5.64. The molecule has 0 unspecified atom stereocenters. The zero-order valence-corrected chi connectivity index (χ0v) is 14.0. The third-order valence-corrected chi connectivity index (χ3v) is 4.40. The van der Waals surface area contributed by atoms with Gasteiger partial charge < -0.3 is 15.5 Å². The van der Waals surface area contributed by atoms with E-state index in [0.717, 1.165) is 24.7 Å². The number of thiocarbonyl (C=S) groups is 1. The number of nitrogens with zero attached hydrogens (tertiary/aromatic N) is 1. The molecule has 0 bridgehead atoms. The van der Waals surface area contributed by atoms with Crippen LogP contribution in [0.3, 0.4) is 0 Å². The Morgan fingerprint density at radius 2 is 2.05 bits per heavy atom. The molecule has 1 aromatic carbocycles. The average Bonchev–Trinajstić information content (AvgIpc) is 2.48. The second-order valence-electron chi connectivity index (χ2n) is 5.98. The molecule has 0 aromatic heterocycles. The lowest BCUT2D eigenvalue weighted by Crippen LogP contribution is -2.39. The topological polar surface area (TPSA) is 27.3 Å². The maximum absolute atomic E-state index is 5.33. The van der Waals surface area contributed by atoms with Gasteiger partial charge in [-0.05, 0) is 64.0 Å². The van der Waals surface area contributed by atoms with Gasteiger partial charge in [0.2, 0.25) is 0 Å². The number of nitrogens with one attached hydrogen (secondary N) is 2. The van der Waals surface area contributed by atoms with E-state index in [1.54, 1.807) is 0 Å². The van der Waals surface area contributed by atoms with Crippen molar-refractivity contribution < 1.29 is 0 Å². The molecular formula is C17H27N3S. The summed E-state index contributed by atoms with van der Waals surface area (Å²) in [7, 11) is 0. The minimum atomic E-state index is 0.713. The standard InChI is InChI=1S/C17H27N3S/c1-14-7-9-16(10-8-14)19-17(21)18-11-5-13-20-12-4-3-6-15(20)2/h7-10,15H,3-6,11-13H2,1-2H3,(H2,18,19,21)/t15-/m0/s1. The number of likely N-dealkylation sites (tertiary alicyclic amines) is 1. The predicted molar refractivity (Wildman–Crippen MR) is 94.9 cm³/mol. The highest BCUT2D eigenvalue weighted by atomic mass is 32.1. The van der Waals surface area contributed by atoms with Crippen molar-refractivity contribution in [2.24, 2.45) is 0 Å². The summed E-state index contributed by atoms with van der Waals surface area (Å²) in [6.07, 6.45) is 5.23. The Labute approximate surface area is 134 Å². The van der Waals surface area contributed by atoms with Gasteiger partial charge in [-0.1, -0.05) is 24.1 Å². The van der Waals surface area contributed by atoms with Crippen LogP contribution in [-0.2, 0) is 0 Å². The third-order valence-electron chi connectivity index (χ3n) is 4.16. The summed E-state index contributed by atoms with van der Waals surface area (Å²) in [5, 5.41) is 7.23. The zero-order chi connectivity index (χ0) is 15.1. The number of piperidine rings is 1. The highest BCUT2D eigenvalue weighted by molar-refractivity contribution is 7.80. The van der Waals surface area contributed by atoms with Crippen molar-refractivity contribution in [1.82, 2.24) is 10.2 Å². The van der Waals surface area contributed by atoms with Gasteiger partial charge in [0.1, 0.15) is 0 Å². The first-order valence-corrected chi connectivity index (χ1v) is 8.41. The Morgan fingerprint density at radius 1 is 1.29 bits per heavy atom. The number of anilines is 1. The Kier molecular flexibility index (Phi) is 6.46. The van der Waals surface area contributed by atoms with Crippen LogP contribution >= 0.6 is 12.2 Å². The molecule has 0 saturated carbocycles. The van der Waals surface area contributed by atoms with E-state index < -0.39 is 0 Å². The van der Waals surface area contributed by atoms with E-state index in [1.165, 1.54) is 37.9 Å². The van der Waals surface area contributed by atoms with E-state index >= 15 is 0 Å². The van der Waals surface area contributed by atoms with E-state index in [2.05, 4.69) is 53.6 Å². The Hall–Kier alpha value is -1.13. The van der Waals surface area contributed by atoms with Crippen molar-refractivity contribution in [2.75, 3.05) is 25.0 Å². The van der Waals surface area contributed by atoms with Crippen LogP contribution in [0.25, 0.3) is 0 Å². The van der Waals surface area contributed by atoms with Gasteiger partial charge in [0, 0.05) is 24.8 Å². The fourth-order valence-electron chi connectivity index (χ4n) is 2.79. The van der Waals surface area contributed by atoms with Crippen molar-refractivity contribution in [3.05, 3.63) is 29.8 Å². The first-order valence-electron chi connectivity index (χ1n) is 8.01. The summed E-state index contributed by atoms with van der Waals surface area (Å²) in [6, 6.07) is 9.03. The number of aryl methyl sites for hydroxylation is 1. The fraction of sp³-hybridized carbons (Fsp3) is 0.588. The molecule has 0 radical (unpaired) electrons. The van der Waals surface area contributed by atoms with Gasteiger partial charge in [0.15, 0.2) is 5.11 Å². The molecule has 1 aliphatic rings. The average molecular weight is 305 g/mol.